The van der Waals surface area contributed by atoms with Gasteiger partial charge in [0.25, 0.3) is 5.91 Å². The van der Waals surface area contributed by atoms with Gasteiger partial charge in [-0.1, -0.05) is 17.7 Å². The predicted octanol–water partition coefficient (Wildman–Crippen LogP) is 5.20. The fraction of sp³-hybridized carbons (Fsp3) is 0.321. The summed E-state index contributed by atoms with van der Waals surface area (Å²) in [6.45, 7) is 8.00. The number of anilines is 3. The first-order valence-electron chi connectivity index (χ1n) is 12.1. The van der Waals surface area contributed by atoms with Crippen LogP contribution < -0.4 is 20.3 Å². The second kappa shape index (κ2) is 11.0. The van der Waals surface area contributed by atoms with Crippen molar-refractivity contribution in [3.63, 3.8) is 0 Å². The van der Waals surface area contributed by atoms with Gasteiger partial charge in [0.15, 0.2) is 0 Å². The van der Waals surface area contributed by atoms with Gasteiger partial charge in [0.1, 0.15) is 11.6 Å². The standard InChI is InChI=1S/C28H32N4O3/c1-4-35-24-8-6-23(7-9-24)30-28(34)22-11-14-29-26(18-22)32-15-12-21(13-16-32)27(33)31-25-10-5-19(2)17-20(25)3/h5-11,14,17-18,21H,4,12-13,15-16H2,1-3H3,(H,30,34)(H,31,33). The summed E-state index contributed by atoms with van der Waals surface area (Å²) in [4.78, 5) is 32.2. The summed E-state index contributed by atoms with van der Waals surface area (Å²) < 4.78 is 5.44. The first-order chi connectivity index (χ1) is 16.9. The Hall–Kier alpha value is -3.87. The largest absolute Gasteiger partial charge is 0.494 e. The molecular weight excluding hydrogens is 440 g/mol. The highest BCUT2D eigenvalue weighted by Gasteiger charge is 2.26. The van der Waals surface area contributed by atoms with E-state index in [1.54, 1.807) is 18.3 Å². The van der Waals surface area contributed by atoms with Crippen molar-refractivity contribution in [3.05, 3.63) is 77.5 Å². The first-order valence-corrected chi connectivity index (χ1v) is 12.1. The summed E-state index contributed by atoms with van der Waals surface area (Å²) in [5.74, 6) is 1.34. The Morgan fingerprint density at radius 3 is 2.43 bits per heavy atom. The van der Waals surface area contributed by atoms with Crippen LogP contribution in [0.3, 0.4) is 0 Å². The number of piperidine rings is 1. The van der Waals surface area contributed by atoms with Gasteiger partial charge in [-0.15, -0.1) is 0 Å². The number of ether oxygens (including phenoxy) is 1. The Balaban J connectivity index is 1.33. The van der Waals surface area contributed by atoms with E-state index in [4.69, 9.17) is 4.74 Å². The van der Waals surface area contributed by atoms with E-state index in [0.717, 1.165) is 35.7 Å². The van der Waals surface area contributed by atoms with Crippen LogP contribution in [0.5, 0.6) is 5.75 Å². The Bertz CT molecular complexity index is 1190. The van der Waals surface area contributed by atoms with Crippen molar-refractivity contribution in [1.82, 2.24) is 4.98 Å². The smallest absolute Gasteiger partial charge is 0.255 e. The lowest BCUT2D eigenvalue weighted by Crippen LogP contribution is -2.38. The maximum Gasteiger partial charge on any atom is 0.255 e. The molecule has 4 rings (SSSR count). The average molecular weight is 473 g/mol. The zero-order chi connectivity index (χ0) is 24.8. The molecule has 2 amide bonds. The average Bonchev–Trinajstić information content (AvgIpc) is 2.87. The molecule has 0 spiro atoms. The molecule has 2 N–H and O–H groups in total. The molecule has 3 aromatic rings. The van der Waals surface area contributed by atoms with Crippen LogP contribution in [0.4, 0.5) is 17.2 Å². The van der Waals surface area contributed by atoms with E-state index in [0.29, 0.717) is 30.9 Å². The van der Waals surface area contributed by atoms with E-state index in [9.17, 15) is 9.59 Å². The number of hydrogen-bond donors (Lipinski definition) is 2. The number of aryl methyl sites for hydroxylation is 2. The lowest BCUT2D eigenvalue weighted by atomic mass is 9.95. The SMILES string of the molecule is CCOc1ccc(NC(=O)c2ccnc(N3CCC(C(=O)Nc4ccc(C)cc4C)CC3)c2)cc1. The van der Waals surface area contributed by atoms with Gasteiger partial charge in [-0.05, 0) is 81.6 Å². The van der Waals surface area contributed by atoms with Crippen LogP contribution in [-0.4, -0.2) is 36.5 Å². The van der Waals surface area contributed by atoms with Crippen LogP contribution in [0.1, 0.15) is 41.3 Å². The van der Waals surface area contributed by atoms with Gasteiger partial charge in [0.2, 0.25) is 5.91 Å². The molecule has 2 aromatic carbocycles. The molecule has 7 nitrogen and oxygen atoms in total. The Morgan fingerprint density at radius 1 is 1.00 bits per heavy atom. The van der Waals surface area contributed by atoms with Gasteiger partial charge < -0.3 is 20.3 Å². The Morgan fingerprint density at radius 2 is 1.74 bits per heavy atom. The van der Waals surface area contributed by atoms with Gasteiger partial charge in [-0.3, -0.25) is 9.59 Å². The summed E-state index contributed by atoms with van der Waals surface area (Å²) in [5.41, 5.74) is 4.36. The third-order valence-corrected chi connectivity index (χ3v) is 6.26. The number of rotatable bonds is 7. The quantitative estimate of drug-likeness (QED) is 0.494. The molecule has 1 aliphatic heterocycles. The number of carbonyl (C=O) groups is 2. The van der Waals surface area contributed by atoms with Gasteiger partial charge in [0, 0.05) is 42.1 Å². The number of hydrogen-bond acceptors (Lipinski definition) is 5. The van der Waals surface area contributed by atoms with Crippen molar-refractivity contribution in [1.29, 1.82) is 0 Å². The highest BCUT2D eigenvalue weighted by atomic mass is 16.5. The first kappa shape index (κ1) is 24.3. The third kappa shape index (κ3) is 6.18. The van der Waals surface area contributed by atoms with Crippen molar-refractivity contribution >= 4 is 29.0 Å². The van der Waals surface area contributed by atoms with Crippen molar-refractivity contribution in [2.75, 3.05) is 35.2 Å². The number of amides is 2. The molecule has 0 atom stereocenters. The molecule has 1 saturated heterocycles. The molecule has 7 heteroatoms. The lowest BCUT2D eigenvalue weighted by Gasteiger charge is -2.32. The summed E-state index contributed by atoms with van der Waals surface area (Å²) in [6, 6.07) is 16.9. The molecule has 0 saturated carbocycles. The monoisotopic (exact) mass is 472 g/mol. The molecule has 182 valence electrons. The molecule has 1 aromatic heterocycles. The van der Waals surface area contributed by atoms with Crippen molar-refractivity contribution in [2.24, 2.45) is 5.92 Å². The molecule has 0 unspecified atom stereocenters. The fourth-order valence-electron chi connectivity index (χ4n) is 4.30. The van der Waals surface area contributed by atoms with E-state index < -0.39 is 0 Å². The van der Waals surface area contributed by atoms with E-state index >= 15 is 0 Å². The van der Waals surface area contributed by atoms with Crippen molar-refractivity contribution in [2.45, 2.75) is 33.6 Å². The molecule has 1 fully saturated rings. The maximum absolute atomic E-state index is 12.8. The van der Waals surface area contributed by atoms with E-state index in [1.165, 1.54) is 5.56 Å². The number of pyridine rings is 1. The van der Waals surface area contributed by atoms with Crippen LogP contribution in [0, 0.1) is 19.8 Å². The molecule has 35 heavy (non-hydrogen) atoms. The molecule has 1 aliphatic rings. The molecule has 0 aliphatic carbocycles. The second-order valence-electron chi connectivity index (χ2n) is 8.88. The molecular formula is C28H32N4O3. The number of aromatic nitrogens is 1. The minimum atomic E-state index is -0.194. The van der Waals surface area contributed by atoms with Crippen LogP contribution in [0.25, 0.3) is 0 Å². The van der Waals surface area contributed by atoms with Crippen LogP contribution in [0.2, 0.25) is 0 Å². The molecule has 0 radical (unpaired) electrons. The predicted molar refractivity (Wildman–Crippen MR) is 139 cm³/mol. The van der Waals surface area contributed by atoms with Crippen molar-refractivity contribution in [3.8, 4) is 5.75 Å². The van der Waals surface area contributed by atoms with Gasteiger partial charge >= 0.3 is 0 Å². The maximum atomic E-state index is 12.8. The summed E-state index contributed by atoms with van der Waals surface area (Å²) in [5, 5.41) is 6.00. The number of carbonyl (C=O) groups excluding carboxylic acids is 2. The summed E-state index contributed by atoms with van der Waals surface area (Å²) in [6.07, 6.45) is 3.13. The highest BCUT2D eigenvalue weighted by molar-refractivity contribution is 6.04. The zero-order valence-electron chi connectivity index (χ0n) is 20.5. The third-order valence-electron chi connectivity index (χ3n) is 6.26. The van der Waals surface area contributed by atoms with E-state index in [1.807, 2.05) is 57.2 Å². The van der Waals surface area contributed by atoms with Gasteiger partial charge in [0.05, 0.1) is 6.61 Å². The van der Waals surface area contributed by atoms with Crippen LogP contribution in [0.15, 0.2) is 60.8 Å². The summed E-state index contributed by atoms with van der Waals surface area (Å²) >= 11 is 0. The number of nitrogens with zero attached hydrogens (tertiary/aromatic N) is 2. The van der Waals surface area contributed by atoms with E-state index in [-0.39, 0.29) is 17.7 Å². The van der Waals surface area contributed by atoms with Crippen molar-refractivity contribution < 1.29 is 14.3 Å². The van der Waals surface area contributed by atoms with Crippen LogP contribution >= 0.6 is 0 Å². The van der Waals surface area contributed by atoms with Crippen LogP contribution in [-0.2, 0) is 4.79 Å². The molecule has 2 heterocycles. The minimum Gasteiger partial charge on any atom is -0.494 e. The number of benzene rings is 2. The highest BCUT2D eigenvalue weighted by Crippen LogP contribution is 2.25. The van der Waals surface area contributed by atoms with Gasteiger partial charge in [-0.2, -0.15) is 0 Å². The number of nitrogens with one attached hydrogen (secondary N) is 2. The topological polar surface area (TPSA) is 83.6 Å². The Kier molecular flexibility index (Phi) is 7.65. The van der Waals surface area contributed by atoms with E-state index in [2.05, 4.69) is 26.6 Å². The Labute approximate surface area is 206 Å². The molecule has 0 bridgehead atoms. The van der Waals surface area contributed by atoms with Gasteiger partial charge in [-0.25, -0.2) is 4.98 Å². The minimum absolute atomic E-state index is 0.0434. The zero-order valence-corrected chi connectivity index (χ0v) is 20.5. The second-order valence-corrected chi connectivity index (χ2v) is 8.88. The fourth-order valence-corrected chi connectivity index (χ4v) is 4.30. The summed E-state index contributed by atoms with van der Waals surface area (Å²) in [7, 11) is 0. The normalized spacial score (nSPS) is 13.9. The lowest BCUT2D eigenvalue weighted by molar-refractivity contribution is -0.120.